The average Bonchev–Trinajstić information content (AvgIpc) is 2.45. The van der Waals surface area contributed by atoms with Crippen molar-refractivity contribution >= 4 is 22.4 Å². The molecule has 132 valence electrons. The van der Waals surface area contributed by atoms with Gasteiger partial charge in [-0.05, 0) is 18.8 Å². The van der Waals surface area contributed by atoms with Crippen molar-refractivity contribution in [2.45, 2.75) is 30.7 Å². The van der Waals surface area contributed by atoms with E-state index in [-0.39, 0.29) is 37.5 Å². The second kappa shape index (κ2) is 7.33. The highest BCUT2D eigenvalue weighted by atomic mass is 35.5. The van der Waals surface area contributed by atoms with Crippen molar-refractivity contribution in [1.29, 1.82) is 0 Å². The van der Waals surface area contributed by atoms with Crippen LogP contribution in [0, 0.1) is 29.2 Å². The van der Waals surface area contributed by atoms with E-state index in [1.807, 2.05) is 0 Å². The topological polar surface area (TPSA) is 63.4 Å². The van der Waals surface area contributed by atoms with Gasteiger partial charge >= 0.3 is 0 Å². The number of nitrogens with zero attached hydrogens (tertiary/aromatic N) is 1. The predicted molar refractivity (Wildman–Crippen MR) is 78.7 cm³/mol. The van der Waals surface area contributed by atoms with Crippen LogP contribution in [0.25, 0.3) is 0 Å². The zero-order valence-electron chi connectivity index (χ0n) is 12.2. The highest BCUT2D eigenvalue weighted by Crippen LogP contribution is 2.32. The summed E-state index contributed by atoms with van der Waals surface area (Å²) >= 11 is 0. The molecule has 1 aliphatic rings. The number of piperidine rings is 1. The van der Waals surface area contributed by atoms with E-state index >= 15 is 0 Å². The van der Waals surface area contributed by atoms with Crippen molar-refractivity contribution in [2.24, 2.45) is 11.7 Å². The molecule has 0 aromatic heterocycles. The number of sulfonamides is 1. The van der Waals surface area contributed by atoms with Gasteiger partial charge in [0, 0.05) is 25.2 Å². The molecular formula is C13H17ClF4N2O2S. The summed E-state index contributed by atoms with van der Waals surface area (Å²) in [4.78, 5) is -1.60. The third-order valence-corrected chi connectivity index (χ3v) is 5.89. The molecule has 1 aliphatic heterocycles. The van der Waals surface area contributed by atoms with Crippen LogP contribution in [0.1, 0.15) is 19.8 Å². The van der Waals surface area contributed by atoms with Crippen molar-refractivity contribution in [3.63, 3.8) is 0 Å². The van der Waals surface area contributed by atoms with Crippen LogP contribution < -0.4 is 5.73 Å². The predicted octanol–water partition coefficient (Wildman–Crippen LogP) is 2.41. The molecular weight excluding hydrogens is 360 g/mol. The molecule has 0 spiro atoms. The third-order valence-electron chi connectivity index (χ3n) is 3.94. The van der Waals surface area contributed by atoms with E-state index in [0.29, 0.717) is 12.8 Å². The number of hydrogen-bond donors (Lipinski definition) is 1. The van der Waals surface area contributed by atoms with Gasteiger partial charge in [-0.2, -0.15) is 4.31 Å². The molecule has 1 aromatic carbocycles. The Labute approximate surface area is 138 Å². The summed E-state index contributed by atoms with van der Waals surface area (Å²) in [7, 11) is -4.74. The van der Waals surface area contributed by atoms with Crippen LogP contribution in [0.5, 0.6) is 0 Å². The monoisotopic (exact) mass is 376 g/mol. The van der Waals surface area contributed by atoms with Gasteiger partial charge in [0.15, 0.2) is 28.2 Å². The largest absolute Gasteiger partial charge is 0.329 e. The summed E-state index contributed by atoms with van der Waals surface area (Å²) < 4.78 is 80.0. The third kappa shape index (κ3) is 3.47. The maximum Gasteiger partial charge on any atom is 0.249 e. The Hall–Kier alpha value is -0.900. The zero-order valence-corrected chi connectivity index (χ0v) is 13.9. The minimum absolute atomic E-state index is 0. The van der Waals surface area contributed by atoms with Crippen molar-refractivity contribution in [3.8, 4) is 0 Å². The Morgan fingerprint density at radius 2 is 1.74 bits per heavy atom. The normalized spacial score (nSPS) is 22.7. The van der Waals surface area contributed by atoms with Crippen LogP contribution in [0.4, 0.5) is 17.6 Å². The van der Waals surface area contributed by atoms with E-state index in [4.69, 9.17) is 5.73 Å². The summed E-state index contributed by atoms with van der Waals surface area (Å²) in [6.45, 7) is 1.70. The Morgan fingerprint density at radius 3 is 2.22 bits per heavy atom. The first kappa shape index (κ1) is 20.1. The highest BCUT2D eigenvalue weighted by molar-refractivity contribution is 7.89. The molecule has 1 fully saturated rings. The minimum Gasteiger partial charge on any atom is -0.329 e. The first-order valence-electron chi connectivity index (χ1n) is 6.76. The summed E-state index contributed by atoms with van der Waals surface area (Å²) in [5, 5.41) is 0. The van der Waals surface area contributed by atoms with Gasteiger partial charge in [0.2, 0.25) is 10.0 Å². The SMILES string of the molecule is CC1CCCN(S(=O)(=O)c2c(F)c(F)cc(F)c2F)C1CN.Cl. The molecule has 0 bridgehead atoms. The maximum atomic E-state index is 13.8. The average molecular weight is 377 g/mol. The Bertz CT molecular complexity index is 661. The molecule has 4 nitrogen and oxygen atoms in total. The van der Waals surface area contributed by atoms with E-state index in [0.717, 1.165) is 4.31 Å². The van der Waals surface area contributed by atoms with E-state index in [1.165, 1.54) is 0 Å². The first-order valence-corrected chi connectivity index (χ1v) is 8.20. The second-order valence-corrected chi connectivity index (χ2v) is 7.16. The summed E-state index contributed by atoms with van der Waals surface area (Å²) in [5.74, 6) is -7.49. The van der Waals surface area contributed by atoms with E-state index < -0.39 is 44.2 Å². The number of rotatable bonds is 3. The van der Waals surface area contributed by atoms with Crippen LogP contribution in [0.3, 0.4) is 0 Å². The smallest absolute Gasteiger partial charge is 0.249 e. The molecule has 2 unspecified atom stereocenters. The van der Waals surface area contributed by atoms with Crippen molar-refractivity contribution in [1.82, 2.24) is 4.31 Å². The molecule has 0 radical (unpaired) electrons. The van der Waals surface area contributed by atoms with Crippen LogP contribution in [0.15, 0.2) is 11.0 Å². The molecule has 2 N–H and O–H groups in total. The molecule has 23 heavy (non-hydrogen) atoms. The Morgan fingerprint density at radius 1 is 1.22 bits per heavy atom. The lowest BCUT2D eigenvalue weighted by molar-refractivity contribution is 0.191. The van der Waals surface area contributed by atoms with Crippen LogP contribution in [-0.4, -0.2) is 31.9 Å². The fourth-order valence-corrected chi connectivity index (χ4v) is 4.66. The Kier molecular flexibility index (Phi) is 6.42. The first-order chi connectivity index (χ1) is 10.2. The highest BCUT2D eigenvalue weighted by Gasteiger charge is 2.40. The van der Waals surface area contributed by atoms with Crippen LogP contribution in [-0.2, 0) is 10.0 Å². The molecule has 10 heteroatoms. The lowest BCUT2D eigenvalue weighted by Crippen LogP contribution is -2.51. The van der Waals surface area contributed by atoms with Crippen molar-refractivity contribution in [3.05, 3.63) is 29.3 Å². The lowest BCUT2D eigenvalue weighted by Gasteiger charge is -2.38. The van der Waals surface area contributed by atoms with E-state index in [9.17, 15) is 26.0 Å². The van der Waals surface area contributed by atoms with Gasteiger partial charge in [-0.15, -0.1) is 12.4 Å². The molecule has 0 amide bonds. The van der Waals surface area contributed by atoms with Gasteiger partial charge < -0.3 is 5.73 Å². The van der Waals surface area contributed by atoms with Gasteiger partial charge in [-0.25, -0.2) is 26.0 Å². The summed E-state index contributed by atoms with van der Waals surface area (Å²) in [6.07, 6.45) is 1.17. The quantitative estimate of drug-likeness (QED) is 0.651. The van der Waals surface area contributed by atoms with Gasteiger partial charge in [0.1, 0.15) is 0 Å². The van der Waals surface area contributed by atoms with Gasteiger partial charge in [0.05, 0.1) is 0 Å². The molecule has 1 heterocycles. The molecule has 1 aromatic rings. The van der Waals surface area contributed by atoms with Crippen LogP contribution >= 0.6 is 12.4 Å². The number of nitrogens with two attached hydrogens (primary N) is 1. The fraction of sp³-hybridized carbons (Fsp3) is 0.538. The minimum atomic E-state index is -4.74. The van der Waals surface area contributed by atoms with Crippen molar-refractivity contribution < 1.29 is 26.0 Å². The molecule has 1 saturated heterocycles. The molecule has 0 saturated carbocycles. The summed E-state index contributed by atoms with van der Waals surface area (Å²) in [6, 6.07) is -0.702. The van der Waals surface area contributed by atoms with E-state index in [1.54, 1.807) is 6.92 Å². The Balaban J connectivity index is 0.00000264. The molecule has 2 atom stereocenters. The number of benzene rings is 1. The standard InChI is InChI=1S/C13H16F4N2O2S.ClH/c1-7-3-2-4-19(10(7)6-18)22(20,21)13-11(16)8(14)5-9(15)12(13)17;/h5,7,10H,2-4,6,18H2,1H3;1H. The maximum absolute atomic E-state index is 13.8. The lowest BCUT2D eigenvalue weighted by atomic mass is 9.93. The van der Waals surface area contributed by atoms with Crippen molar-refractivity contribution in [2.75, 3.05) is 13.1 Å². The molecule has 2 rings (SSSR count). The van der Waals surface area contributed by atoms with Crippen LogP contribution in [0.2, 0.25) is 0 Å². The number of hydrogen-bond acceptors (Lipinski definition) is 3. The molecule has 0 aliphatic carbocycles. The van der Waals surface area contributed by atoms with E-state index in [2.05, 4.69) is 0 Å². The van der Waals surface area contributed by atoms with Gasteiger partial charge in [-0.3, -0.25) is 0 Å². The zero-order chi connectivity index (χ0) is 16.7. The van der Waals surface area contributed by atoms with Gasteiger partial charge in [0.25, 0.3) is 0 Å². The fourth-order valence-electron chi connectivity index (χ4n) is 2.75. The number of halogens is 5. The second-order valence-electron chi connectivity index (χ2n) is 5.34. The van der Waals surface area contributed by atoms with Gasteiger partial charge in [-0.1, -0.05) is 6.92 Å². The summed E-state index contributed by atoms with van der Waals surface area (Å²) in [5.41, 5.74) is 5.55.